The van der Waals surface area contributed by atoms with Crippen molar-refractivity contribution < 1.29 is 27.8 Å². The summed E-state index contributed by atoms with van der Waals surface area (Å²) in [5.41, 5.74) is -0.475. The van der Waals surface area contributed by atoms with Crippen LogP contribution in [0, 0.1) is 0 Å². The van der Waals surface area contributed by atoms with Crippen LogP contribution in [0.1, 0.15) is 33.3 Å². The highest BCUT2D eigenvalue weighted by molar-refractivity contribution is 7.10. The van der Waals surface area contributed by atoms with E-state index >= 15 is 0 Å². The number of rotatable bonds is 7. The maximum Gasteiger partial charge on any atom is 0.417 e. The summed E-state index contributed by atoms with van der Waals surface area (Å²) in [6.07, 6.45) is -3.37. The summed E-state index contributed by atoms with van der Waals surface area (Å²) < 4.78 is 43.1. The molecule has 2 heterocycles. The summed E-state index contributed by atoms with van der Waals surface area (Å²) in [6.45, 7) is -0.0598. The Kier molecular flexibility index (Phi) is 6.50. The minimum atomic E-state index is -4.46. The standard InChI is InChI=1S/C20H17F3N2O3S/c21-20(22,23)14-5-8-18(24-12-14)28-15-6-3-13(4-7-15)19(27)25-16(9-10-26)17-2-1-11-29-17/h1-8,11-12,16,26H,9-10H2,(H,25,27)/t16-/m1/s1. The number of halogens is 3. The summed E-state index contributed by atoms with van der Waals surface area (Å²) in [6, 6.07) is 11.6. The molecular formula is C20H17F3N2O3S. The number of amides is 1. The van der Waals surface area contributed by atoms with Crippen molar-refractivity contribution in [3.05, 3.63) is 76.1 Å². The van der Waals surface area contributed by atoms with E-state index < -0.39 is 11.7 Å². The van der Waals surface area contributed by atoms with Crippen LogP contribution in [0.2, 0.25) is 0 Å². The number of nitrogens with zero attached hydrogens (tertiary/aromatic N) is 1. The average Bonchev–Trinajstić information content (AvgIpc) is 3.22. The van der Waals surface area contributed by atoms with E-state index in [4.69, 9.17) is 4.74 Å². The summed E-state index contributed by atoms with van der Waals surface area (Å²) >= 11 is 1.49. The van der Waals surface area contributed by atoms with Gasteiger partial charge in [0.05, 0.1) is 11.6 Å². The number of carbonyl (C=O) groups excluding carboxylic acids is 1. The van der Waals surface area contributed by atoms with Gasteiger partial charge in [0.2, 0.25) is 5.88 Å². The van der Waals surface area contributed by atoms with Crippen molar-refractivity contribution in [2.75, 3.05) is 6.61 Å². The molecule has 3 rings (SSSR count). The number of hydrogen-bond acceptors (Lipinski definition) is 5. The van der Waals surface area contributed by atoms with E-state index in [0.717, 1.165) is 17.0 Å². The first-order valence-corrected chi connectivity index (χ1v) is 9.51. The molecule has 0 fully saturated rings. The lowest BCUT2D eigenvalue weighted by Gasteiger charge is -2.16. The molecule has 1 amide bonds. The second-order valence-corrected chi connectivity index (χ2v) is 7.04. The lowest BCUT2D eigenvalue weighted by atomic mass is 10.1. The Bertz CT molecular complexity index is 927. The minimum absolute atomic E-state index is 0.0101. The van der Waals surface area contributed by atoms with Crippen LogP contribution in [-0.4, -0.2) is 22.6 Å². The van der Waals surface area contributed by atoms with Crippen LogP contribution in [0.3, 0.4) is 0 Å². The molecule has 0 aliphatic carbocycles. The van der Waals surface area contributed by atoms with Crippen LogP contribution in [0.4, 0.5) is 13.2 Å². The van der Waals surface area contributed by atoms with Gasteiger partial charge in [0, 0.05) is 29.3 Å². The Hall–Kier alpha value is -2.91. The van der Waals surface area contributed by atoms with Crippen LogP contribution >= 0.6 is 11.3 Å². The second kappa shape index (κ2) is 9.06. The number of aliphatic hydroxyl groups excluding tert-OH is 1. The summed E-state index contributed by atoms with van der Waals surface area (Å²) in [5, 5.41) is 14.0. The number of aliphatic hydroxyl groups is 1. The molecule has 0 saturated carbocycles. The second-order valence-electron chi connectivity index (χ2n) is 6.06. The van der Waals surface area contributed by atoms with Crippen LogP contribution in [0.15, 0.2) is 60.1 Å². The Morgan fingerprint density at radius 1 is 1.17 bits per heavy atom. The summed E-state index contributed by atoms with van der Waals surface area (Å²) in [4.78, 5) is 17.1. The molecule has 0 unspecified atom stereocenters. The number of benzene rings is 1. The van der Waals surface area contributed by atoms with Gasteiger partial charge in [0.1, 0.15) is 5.75 Å². The first-order chi connectivity index (χ1) is 13.9. The predicted octanol–water partition coefficient (Wildman–Crippen LogP) is 4.81. The molecule has 0 spiro atoms. The summed E-state index contributed by atoms with van der Waals surface area (Å²) in [5.74, 6) is 0.0333. The molecule has 5 nitrogen and oxygen atoms in total. The van der Waals surface area contributed by atoms with E-state index in [9.17, 15) is 23.1 Å². The van der Waals surface area contributed by atoms with E-state index in [1.807, 2.05) is 17.5 Å². The highest BCUT2D eigenvalue weighted by Crippen LogP contribution is 2.30. The quantitative estimate of drug-likeness (QED) is 0.573. The van der Waals surface area contributed by atoms with E-state index in [0.29, 0.717) is 23.9 Å². The fourth-order valence-corrected chi connectivity index (χ4v) is 3.36. The number of pyridine rings is 1. The number of carbonyl (C=O) groups is 1. The van der Waals surface area contributed by atoms with E-state index in [1.165, 1.54) is 23.5 Å². The van der Waals surface area contributed by atoms with Crippen molar-refractivity contribution in [2.45, 2.75) is 18.6 Å². The Balaban J connectivity index is 1.64. The molecule has 0 saturated heterocycles. The van der Waals surface area contributed by atoms with Crippen LogP contribution in [0.5, 0.6) is 11.6 Å². The normalized spacial score (nSPS) is 12.4. The largest absolute Gasteiger partial charge is 0.439 e. The molecule has 1 atom stereocenters. The van der Waals surface area contributed by atoms with Gasteiger partial charge in [-0.15, -0.1) is 11.3 Å². The minimum Gasteiger partial charge on any atom is -0.439 e. The van der Waals surface area contributed by atoms with Crippen molar-refractivity contribution in [2.24, 2.45) is 0 Å². The van der Waals surface area contributed by atoms with Crippen molar-refractivity contribution in [1.29, 1.82) is 0 Å². The molecule has 152 valence electrons. The van der Waals surface area contributed by atoms with Gasteiger partial charge in [-0.25, -0.2) is 4.98 Å². The number of ether oxygens (including phenoxy) is 1. The SMILES string of the molecule is O=C(N[C@H](CCO)c1cccs1)c1ccc(Oc2ccc(C(F)(F)F)cn2)cc1. The zero-order chi connectivity index (χ0) is 20.9. The average molecular weight is 422 g/mol. The van der Waals surface area contributed by atoms with Crippen molar-refractivity contribution >= 4 is 17.2 Å². The van der Waals surface area contributed by atoms with Gasteiger partial charge in [-0.05, 0) is 48.2 Å². The van der Waals surface area contributed by atoms with Crippen LogP contribution in [-0.2, 0) is 6.18 Å². The van der Waals surface area contributed by atoms with Gasteiger partial charge in [0.25, 0.3) is 5.91 Å². The molecule has 2 aromatic heterocycles. The van der Waals surface area contributed by atoms with Gasteiger partial charge in [-0.3, -0.25) is 4.79 Å². The Labute approximate surface area is 168 Å². The first-order valence-electron chi connectivity index (χ1n) is 8.63. The van der Waals surface area contributed by atoms with Crippen LogP contribution < -0.4 is 10.1 Å². The number of thiophene rings is 1. The van der Waals surface area contributed by atoms with Gasteiger partial charge in [0.15, 0.2) is 0 Å². The maximum atomic E-state index is 12.6. The Morgan fingerprint density at radius 3 is 2.48 bits per heavy atom. The molecule has 0 radical (unpaired) electrons. The third-order valence-corrected chi connectivity index (χ3v) is 5.00. The molecule has 1 aromatic carbocycles. The predicted molar refractivity (Wildman–Crippen MR) is 102 cm³/mol. The summed E-state index contributed by atoms with van der Waals surface area (Å²) in [7, 11) is 0. The fraction of sp³-hybridized carbons (Fsp3) is 0.200. The zero-order valence-corrected chi connectivity index (χ0v) is 15.8. The zero-order valence-electron chi connectivity index (χ0n) is 15.0. The Morgan fingerprint density at radius 2 is 1.93 bits per heavy atom. The maximum absolute atomic E-state index is 12.6. The fourth-order valence-electron chi connectivity index (χ4n) is 2.55. The number of nitrogens with one attached hydrogen (secondary N) is 1. The number of hydrogen-bond donors (Lipinski definition) is 2. The van der Waals surface area contributed by atoms with Gasteiger partial charge < -0.3 is 15.2 Å². The lowest BCUT2D eigenvalue weighted by Crippen LogP contribution is -2.28. The van der Waals surface area contributed by atoms with Gasteiger partial charge in [-0.2, -0.15) is 13.2 Å². The third kappa shape index (κ3) is 5.55. The van der Waals surface area contributed by atoms with E-state index in [1.54, 1.807) is 12.1 Å². The van der Waals surface area contributed by atoms with Gasteiger partial charge >= 0.3 is 6.18 Å². The molecule has 0 aliphatic rings. The lowest BCUT2D eigenvalue weighted by molar-refractivity contribution is -0.137. The molecule has 0 bridgehead atoms. The first kappa shape index (κ1) is 20.8. The molecule has 2 N–H and O–H groups in total. The van der Waals surface area contributed by atoms with Gasteiger partial charge in [-0.1, -0.05) is 6.07 Å². The van der Waals surface area contributed by atoms with Crippen molar-refractivity contribution in [1.82, 2.24) is 10.3 Å². The van der Waals surface area contributed by atoms with Crippen LogP contribution in [0.25, 0.3) is 0 Å². The monoisotopic (exact) mass is 422 g/mol. The highest BCUT2D eigenvalue weighted by atomic mass is 32.1. The van der Waals surface area contributed by atoms with Crippen molar-refractivity contribution in [3.8, 4) is 11.6 Å². The molecular weight excluding hydrogens is 405 g/mol. The number of alkyl halides is 3. The van der Waals surface area contributed by atoms with E-state index in [2.05, 4.69) is 10.3 Å². The van der Waals surface area contributed by atoms with E-state index in [-0.39, 0.29) is 24.4 Å². The number of aromatic nitrogens is 1. The smallest absolute Gasteiger partial charge is 0.417 e. The molecule has 29 heavy (non-hydrogen) atoms. The third-order valence-electron chi connectivity index (χ3n) is 4.01. The molecule has 3 aromatic rings. The molecule has 9 heteroatoms. The molecule has 0 aliphatic heterocycles. The van der Waals surface area contributed by atoms with Crippen molar-refractivity contribution in [3.63, 3.8) is 0 Å². The topological polar surface area (TPSA) is 71.5 Å². The highest BCUT2D eigenvalue weighted by Gasteiger charge is 2.30.